The van der Waals surface area contributed by atoms with Crippen LogP contribution in [0.5, 0.6) is 0 Å². The van der Waals surface area contributed by atoms with Crippen molar-refractivity contribution in [2.45, 2.75) is 25.3 Å². The summed E-state index contributed by atoms with van der Waals surface area (Å²) in [5.41, 5.74) is 6.67. The van der Waals surface area contributed by atoms with Crippen LogP contribution < -0.4 is 0 Å². The molecule has 1 aromatic rings. The smallest absolute Gasteiger partial charge is 0.182 e. The summed E-state index contributed by atoms with van der Waals surface area (Å²) in [6.07, 6.45) is 11.7. The predicted octanol–water partition coefficient (Wildman–Crippen LogP) is 2.90. The summed E-state index contributed by atoms with van der Waals surface area (Å²) >= 11 is 0. The number of aliphatic imine (C=N–C) groups is 1. The van der Waals surface area contributed by atoms with Crippen molar-refractivity contribution >= 4 is 29.6 Å². The Labute approximate surface area is 146 Å². The molecule has 25 heavy (non-hydrogen) atoms. The number of allylic oxidation sites excluding steroid dienone is 4. The first-order chi connectivity index (χ1) is 12.2. The van der Waals surface area contributed by atoms with Crippen LogP contribution >= 0.6 is 0 Å². The molecule has 0 spiro atoms. The number of ketones is 2. The van der Waals surface area contributed by atoms with Crippen LogP contribution in [-0.4, -0.2) is 35.9 Å². The molecule has 4 heteroatoms. The van der Waals surface area contributed by atoms with E-state index in [1.54, 1.807) is 12.4 Å². The van der Waals surface area contributed by atoms with Crippen molar-refractivity contribution in [2.75, 3.05) is 13.1 Å². The fourth-order valence-corrected chi connectivity index (χ4v) is 4.42. The SMILES string of the molecule is O=C1CC=CC2=C1CCc1c2ccc2c1C=CC(=O)C2N1C=NCC1. The zero-order chi connectivity index (χ0) is 17.0. The predicted molar refractivity (Wildman–Crippen MR) is 97.3 cm³/mol. The number of fused-ring (bicyclic) bond motifs is 4. The standard InChI is InChI=1S/C21H18N2O2/c24-19-3-1-2-13-14-5-7-18-16(15(14)4-6-17(13)19)8-9-20(25)21(18)23-11-10-22-12-23/h1-2,5,7-9,12,21H,3-4,6,10-11H2. The third-order valence-electron chi connectivity index (χ3n) is 5.58. The van der Waals surface area contributed by atoms with Crippen LogP contribution in [-0.2, 0) is 16.0 Å². The molecule has 0 saturated heterocycles. The molecule has 5 rings (SSSR count). The van der Waals surface area contributed by atoms with E-state index in [4.69, 9.17) is 0 Å². The lowest BCUT2D eigenvalue weighted by molar-refractivity contribution is -0.118. The number of nitrogens with zero attached hydrogens (tertiary/aromatic N) is 2. The lowest BCUT2D eigenvalue weighted by Crippen LogP contribution is -2.33. The molecule has 1 aromatic carbocycles. The molecule has 124 valence electrons. The topological polar surface area (TPSA) is 49.7 Å². The van der Waals surface area contributed by atoms with Crippen molar-refractivity contribution in [3.63, 3.8) is 0 Å². The fourth-order valence-electron chi connectivity index (χ4n) is 4.42. The number of benzene rings is 1. The Morgan fingerprint density at radius 3 is 2.84 bits per heavy atom. The second-order valence-corrected chi connectivity index (χ2v) is 6.91. The van der Waals surface area contributed by atoms with E-state index >= 15 is 0 Å². The Kier molecular flexibility index (Phi) is 3.14. The Morgan fingerprint density at radius 1 is 1.08 bits per heavy atom. The summed E-state index contributed by atoms with van der Waals surface area (Å²) in [6.45, 7) is 1.53. The summed E-state index contributed by atoms with van der Waals surface area (Å²) in [6, 6.07) is 3.89. The van der Waals surface area contributed by atoms with Gasteiger partial charge in [-0.05, 0) is 46.7 Å². The van der Waals surface area contributed by atoms with Gasteiger partial charge in [-0.2, -0.15) is 0 Å². The van der Waals surface area contributed by atoms with Gasteiger partial charge in [0.25, 0.3) is 0 Å². The van der Waals surface area contributed by atoms with Crippen molar-refractivity contribution in [3.05, 3.63) is 58.2 Å². The van der Waals surface area contributed by atoms with E-state index in [2.05, 4.69) is 23.2 Å². The Balaban J connectivity index is 1.67. The van der Waals surface area contributed by atoms with Crippen molar-refractivity contribution < 1.29 is 9.59 Å². The summed E-state index contributed by atoms with van der Waals surface area (Å²) in [5.74, 6) is 0.363. The van der Waals surface area contributed by atoms with E-state index in [-0.39, 0.29) is 17.6 Å². The number of hydrogen-bond acceptors (Lipinski definition) is 4. The minimum atomic E-state index is -0.268. The number of hydrogen-bond donors (Lipinski definition) is 0. The van der Waals surface area contributed by atoms with Crippen LogP contribution in [0.3, 0.4) is 0 Å². The van der Waals surface area contributed by atoms with Crippen LogP contribution in [0.4, 0.5) is 0 Å². The van der Waals surface area contributed by atoms with Gasteiger partial charge in [0.2, 0.25) is 0 Å². The van der Waals surface area contributed by atoms with E-state index < -0.39 is 0 Å². The maximum Gasteiger partial charge on any atom is 0.182 e. The molecule has 1 heterocycles. The second-order valence-electron chi connectivity index (χ2n) is 6.91. The summed E-state index contributed by atoms with van der Waals surface area (Å²) in [5, 5.41) is 0. The molecule has 4 aliphatic rings. The number of carbonyl (C=O) groups is 2. The lowest BCUT2D eigenvalue weighted by Gasteiger charge is -2.32. The first kappa shape index (κ1) is 14.6. The van der Waals surface area contributed by atoms with Crippen LogP contribution in [0, 0.1) is 0 Å². The van der Waals surface area contributed by atoms with Crippen LogP contribution in [0.25, 0.3) is 11.6 Å². The zero-order valence-electron chi connectivity index (χ0n) is 13.9. The second kappa shape index (κ2) is 5.38. The molecule has 1 aliphatic heterocycles. The maximum absolute atomic E-state index is 12.5. The molecule has 0 radical (unpaired) electrons. The highest BCUT2D eigenvalue weighted by molar-refractivity contribution is 6.09. The van der Waals surface area contributed by atoms with Crippen molar-refractivity contribution in [1.82, 2.24) is 4.90 Å². The van der Waals surface area contributed by atoms with Gasteiger partial charge in [0.05, 0.1) is 12.9 Å². The molecule has 0 amide bonds. The van der Waals surface area contributed by atoms with Gasteiger partial charge in [-0.15, -0.1) is 0 Å². The van der Waals surface area contributed by atoms with Crippen LogP contribution in [0.15, 0.2) is 40.9 Å². The van der Waals surface area contributed by atoms with Crippen LogP contribution in [0.2, 0.25) is 0 Å². The van der Waals surface area contributed by atoms with Crippen molar-refractivity contribution in [2.24, 2.45) is 4.99 Å². The maximum atomic E-state index is 12.5. The molecular weight excluding hydrogens is 312 g/mol. The minimum absolute atomic E-state index is 0.115. The van der Waals surface area contributed by atoms with Crippen molar-refractivity contribution in [3.8, 4) is 0 Å². The van der Waals surface area contributed by atoms with Gasteiger partial charge in [-0.25, -0.2) is 0 Å². The molecule has 4 nitrogen and oxygen atoms in total. The Hall–Kier alpha value is -2.75. The molecule has 0 N–H and O–H groups in total. The molecular formula is C21H18N2O2. The molecule has 0 aromatic heterocycles. The average Bonchev–Trinajstić information content (AvgIpc) is 3.15. The number of carbonyl (C=O) groups excluding carboxylic acids is 2. The van der Waals surface area contributed by atoms with Gasteiger partial charge < -0.3 is 4.90 Å². The van der Waals surface area contributed by atoms with Gasteiger partial charge in [0.15, 0.2) is 11.6 Å². The van der Waals surface area contributed by atoms with Gasteiger partial charge in [0, 0.05) is 18.5 Å². The Morgan fingerprint density at radius 2 is 2.00 bits per heavy atom. The van der Waals surface area contributed by atoms with E-state index in [9.17, 15) is 9.59 Å². The largest absolute Gasteiger partial charge is 0.347 e. The first-order valence-electron chi connectivity index (χ1n) is 8.80. The highest BCUT2D eigenvalue weighted by Crippen LogP contribution is 2.41. The third kappa shape index (κ3) is 2.10. The molecule has 3 aliphatic carbocycles. The van der Waals surface area contributed by atoms with E-state index in [1.165, 1.54) is 5.56 Å². The van der Waals surface area contributed by atoms with Gasteiger partial charge in [-0.3, -0.25) is 14.6 Å². The summed E-state index contributed by atoms with van der Waals surface area (Å²) < 4.78 is 0. The molecule has 0 bridgehead atoms. The highest BCUT2D eigenvalue weighted by Gasteiger charge is 2.33. The average molecular weight is 330 g/mol. The van der Waals surface area contributed by atoms with E-state index in [0.717, 1.165) is 53.8 Å². The summed E-state index contributed by atoms with van der Waals surface area (Å²) in [4.78, 5) is 31.0. The monoisotopic (exact) mass is 330 g/mol. The normalized spacial score (nSPS) is 23.8. The molecule has 0 fully saturated rings. The van der Waals surface area contributed by atoms with Gasteiger partial charge >= 0.3 is 0 Å². The van der Waals surface area contributed by atoms with Gasteiger partial charge in [-0.1, -0.05) is 30.4 Å². The molecule has 0 saturated carbocycles. The number of rotatable bonds is 1. The van der Waals surface area contributed by atoms with Gasteiger partial charge in [0.1, 0.15) is 6.04 Å². The van der Waals surface area contributed by atoms with E-state index in [1.807, 2.05) is 17.1 Å². The summed E-state index contributed by atoms with van der Waals surface area (Å²) in [7, 11) is 0. The van der Waals surface area contributed by atoms with Crippen molar-refractivity contribution in [1.29, 1.82) is 0 Å². The fraction of sp³-hybridized carbons (Fsp3) is 0.286. The first-order valence-corrected chi connectivity index (χ1v) is 8.80. The minimum Gasteiger partial charge on any atom is -0.347 e. The van der Waals surface area contributed by atoms with E-state index in [0.29, 0.717) is 6.42 Å². The Bertz CT molecular complexity index is 933. The zero-order valence-corrected chi connectivity index (χ0v) is 13.9. The molecule has 1 atom stereocenters. The van der Waals surface area contributed by atoms with Crippen LogP contribution in [0.1, 0.15) is 41.1 Å². The molecule has 1 unspecified atom stereocenters. The number of Topliss-reactive ketones (excluding diaryl/α,β-unsaturated/α-hetero) is 1. The quantitative estimate of drug-likeness (QED) is 0.795. The highest BCUT2D eigenvalue weighted by atomic mass is 16.1. The third-order valence-corrected chi connectivity index (χ3v) is 5.58. The lowest BCUT2D eigenvalue weighted by atomic mass is 9.76.